The van der Waals surface area contributed by atoms with Crippen molar-refractivity contribution < 1.29 is 22.6 Å². The van der Waals surface area contributed by atoms with Crippen LogP contribution in [0.1, 0.15) is 0 Å². The van der Waals surface area contributed by atoms with Crippen LogP contribution in [-0.4, -0.2) is 50.7 Å². The molecule has 7 heteroatoms. The van der Waals surface area contributed by atoms with Gasteiger partial charge in [-0.05, 0) is 24.3 Å². The van der Waals surface area contributed by atoms with Crippen molar-refractivity contribution in [2.24, 2.45) is 0 Å². The van der Waals surface area contributed by atoms with E-state index < -0.39 is 6.36 Å². The lowest BCUT2D eigenvalue weighted by Crippen LogP contribution is -2.38. The molecule has 2 rings (SSSR count). The Labute approximate surface area is 115 Å². The summed E-state index contributed by atoms with van der Waals surface area (Å²) < 4.78 is 45.0. The van der Waals surface area contributed by atoms with Crippen LogP contribution in [0.4, 0.5) is 18.9 Å². The Morgan fingerprint density at radius 1 is 1.15 bits per heavy atom. The summed E-state index contributed by atoms with van der Waals surface area (Å²) in [5, 5.41) is 3.16. The van der Waals surface area contributed by atoms with Gasteiger partial charge in [-0.3, -0.25) is 4.90 Å². The number of hydrogen-bond acceptors (Lipinski definition) is 4. The highest BCUT2D eigenvalue weighted by Gasteiger charge is 2.30. The van der Waals surface area contributed by atoms with Crippen LogP contribution in [0.15, 0.2) is 24.3 Å². The number of halogens is 3. The molecule has 1 N–H and O–H groups in total. The number of benzene rings is 1. The Balaban J connectivity index is 1.73. The second kappa shape index (κ2) is 6.81. The predicted octanol–water partition coefficient (Wildman–Crippen LogP) is 2.33. The summed E-state index contributed by atoms with van der Waals surface area (Å²) in [4.78, 5) is 2.28. The van der Waals surface area contributed by atoms with E-state index in [-0.39, 0.29) is 5.75 Å². The summed E-state index contributed by atoms with van der Waals surface area (Å²) in [5.41, 5.74) is 0.771. The first kappa shape index (κ1) is 14.9. The molecule has 0 unspecified atom stereocenters. The summed E-state index contributed by atoms with van der Waals surface area (Å²) in [5.74, 6) is -0.212. The maximum Gasteiger partial charge on any atom is 0.573 e. The van der Waals surface area contributed by atoms with Crippen molar-refractivity contribution in [3.05, 3.63) is 24.3 Å². The number of morpholine rings is 1. The lowest BCUT2D eigenvalue weighted by molar-refractivity contribution is -0.274. The van der Waals surface area contributed by atoms with Crippen molar-refractivity contribution >= 4 is 5.69 Å². The van der Waals surface area contributed by atoms with Crippen molar-refractivity contribution in [1.82, 2.24) is 4.90 Å². The molecule has 112 valence electrons. The highest BCUT2D eigenvalue weighted by atomic mass is 19.4. The molecule has 1 heterocycles. The normalized spacial score (nSPS) is 16.9. The Hall–Kier alpha value is -1.47. The van der Waals surface area contributed by atoms with E-state index in [1.165, 1.54) is 12.1 Å². The van der Waals surface area contributed by atoms with Crippen molar-refractivity contribution in [2.75, 3.05) is 44.7 Å². The smallest absolute Gasteiger partial charge is 0.406 e. The molecule has 1 aliphatic rings. The van der Waals surface area contributed by atoms with Gasteiger partial charge in [-0.25, -0.2) is 0 Å². The zero-order valence-corrected chi connectivity index (χ0v) is 10.9. The number of nitrogens with one attached hydrogen (secondary N) is 1. The molecule has 1 saturated heterocycles. The fourth-order valence-electron chi connectivity index (χ4n) is 1.96. The molecule has 4 nitrogen and oxygen atoms in total. The standard InChI is InChI=1S/C13H17F3N2O2/c14-13(15,16)20-12-3-1-11(2-4-12)17-5-6-18-7-9-19-10-8-18/h1-4,17H,5-10H2. The van der Waals surface area contributed by atoms with Crippen molar-refractivity contribution in [3.63, 3.8) is 0 Å². The van der Waals surface area contributed by atoms with Crippen molar-refractivity contribution in [1.29, 1.82) is 0 Å². The number of alkyl halides is 3. The van der Waals surface area contributed by atoms with Crippen LogP contribution in [0.3, 0.4) is 0 Å². The molecule has 1 aliphatic heterocycles. The average Bonchev–Trinajstić information content (AvgIpc) is 2.40. The summed E-state index contributed by atoms with van der Waals surface area (Å²) in [6.45, 7) is 4.96. The number of hydrogen-bond donors (Lipinski definition) is 1. The lowest BCUT2D eigenvalue weighted by Gasteiger charge is -2.26. The van der Waals surface area contributed by atoms with Gasteiger partial charge in [0.05, 0.1) is 13.2 Å². The monoisotopic (exact) mass is 290 g/mol. The molecule has 1 aromatic rings. The van der Waals surface area contributed by atoms with E-state index in [0.29, 0.717) is 0 Å². The SMILES string of the molecule is FC(F)(F)Oc1ccc(NCCN2CCOCC2)cc1. The van der Waals surface area contributed by atoms with Crippen LogP contribution in [0.25, 0.3) is 0 Å². The molecule has 1 fully saturated rings. The van der Waals surface area contributed by atoms with Crippen LogP contribution >= 0.6 is 0 Å². The van der Waals surface area contributed by atoms with Gasteiger partial charge >= 0.3 is 6.36 Å². The van der Waals surface area contributed by atoms with Gasteiger partial charge in [0, 0.05) is 31.9 Å². The number of rotatable bonds is 5. The van der Waals surface area contributed by atoms with Gasteiger partial charge in [-0.15, -0.1) is 13.2 Å². The second-order valence-electron chi connectivity index (χ2n) is 4.45. The van der Waals surface area contributed by atoms with Crippen LogP contribution in [0.2, 0.25) is 0 Å². The minimum atomic E-state index is -4.65. The van der Waals surface area contributed by atoms with Crippen molar-refractivity contribution in [3.8, 4) is 5.75 Å². The Morgan fingerprint density at radius 3 is 2.40 bits per heavy atom. The average molecular weight is 290 g/mol. The molecule has 0 atom stereocenters. The predicted molar refractivity (Wildman–Crippen MR) is 68.9 cm³/mol. The maximum absolute atomic E-state index is 12.0. The van der Waals surface area contributed by atoms with E-state index in [1.54, 1.807) is 12.1 Å². The van der Waals surface area contributed by atoms with Crippen molar-refractivity contribution in [2.45, 2.75) is 6.36 Å². The minimum absolute atomic E-state index is 0.212. The van der Waals surface area contributed by atoms with Crippen LogP contribution in [-0.2, 0) is 4.74 Å². The van der Waals surface area contributed by atoms with Gasteiger partial charge in [0.2, 0.25) is 0 Å². The molecular weight excluding hydrogens is 273 g/mol. The molecule has 0 saturated carbocycles. The van der Waals surface area contributed by atoms with Gasteiger partial charge in [0.1, 0.15) is 5.75 Å². The number of ether oxygens (including phenoxy) is 2. The Bertz CT molecular complexity index is 403. The van der Waals surface area contributed by atoms with E-state index in [4.69, 9.17) is 4.74 Å². The summed E-state index contributed by atoms with van der Waals surface area (Å²) in [6.07, 6.45) is -4.65. The summed E-state index contributed by atoms with van der Waals surface area (Å²) in [7, 11) is 0. The van der Waals surface area contributed by atoms with Gasteiger partial charge < -0.3 is 14.8 Å². The van der Waals surface area contributed by atoms with Gasteiger partial charge in [0.25, 0.3) is 0 Å². The van der Waals surface area contributed by atoms with Crippen LogP contribution < -0.4 is 10.1 Å². The van der Waals surface area contributed by atoms with Gasteiger partial charge in [-0.2, -0.15) is 0 Å². The highest BCUT2D eigenvalue weighted by Crippen LogP contribution is 2.23. The minimum Gasteiger partial charge on any atom is -0.406 e. The highest BCUT2D eigenvalue weighted by molar-refractivity contribution is 5.46. The summed E-state index contributed by atoms with van der Waals surface area (Å²) in [6, 6.07) is 5.73. The molecule has 0 spiro atoms. The van der Waals surface area contributed by atoms with E-state index in [0.717, 1.165) is 45.1 Å². The zero-order valence-electron chi connectivity index (χ0n) is 10.9. The third-order valence-electron chi connectivity index (χ3n) is 2.95. The Morgan fingerprint density at radius 2 is 1.80 bits per heavy atom. The largest absolute Gasteiger partial charge is 0.573 e. The van der Waals surface area contributed by atoms with Crippen LogP contribution in [0, 0.1) is 0 Å². The quantitative estimate of drug-likeness (QED) is 0.902. The molecule has 0 aliphatic carbocycles. The number of nitrogens with zero attached hydrogens (tertiary/aromatic N) is 1. The molecule has 0 bridgehead atoms. The van der Waals surface area contributed by atoms with E-state index in [9.17, 15) is 13.2 Å². The van der Waals surface area contributed by atoms with E-state index in [2.05, 4.69) is 15.0 Å². The fraction of sp³-hybridized carbons (Fsp3) is 0.538. The molecule has 0 radical (unpaired) electrons. The van der Waals surface area contributed by atoms with E-state index in [1.807, 2.05) is 0 Å². The zero-order chi connectivity index (χ0) is 14.4. The first-order chi connectivity index (χ1) is 9.53. The van der Waals surface area contributed by atoms with Crippen LogP contribution in [0.5, 0.6) is 5.75 Å². The maximum atomic E-state index is 12.0. The molecule has 0 amide bonds. The molecular formula is C13H17F3N2O2. The first-order valence-corrected chi connectivity index (χ1v) is 6.43. The number of anilines is 1. The topological polar surface area (TPSA) is 33.7 Å². The van der Waals surface area contributed by atoms with Gasteiger partial charge in [-0.1, -0.05) is 0 Å². The third-order valence-corrected chi connectivity index (χ3v) is 2.95. The van der Waals surface area contributed by atoms with E-state index >= 15 is 0 Å². The Kier molecular flexibility index (Phi) is 5.08. The first-order valence-electron chi connectivity index (χ1n) is 6.43. The third kappa shape index (κ3) is 5.26. The second-order valence-corrected chi connectivity index (χ2v) is 4.45. The lowest BCUT2D eigenvalue weighted by atomic mass is 10.3. The molecule has 0 aromatic heterocycles. The molecule has 1 aromatic carbocycles. The fourth-order valence-corrected chi connectivity index (χ4v) is 1.96. The van der Waals surface area contributed by atoms with Gasteiger partial charge in [0.15, 0.2) is 0 Å². The summed E-state index contributed by atoms with van der Waals surface area (Å²) >= 11 is 0. The molecule has 20 heavy (non-hydrogen) atoms.